The molecule has 2 aromatic rings. The number of aromatic hydroxyl groups is 1. The van der Waals surface area contributed by atoms with Crippen LogP contribution in [0.15, 0.2) is 36.4 Å². The number of benzene rings is 2. The average Bonchev–Trinajstić information content (AvgIpc) is 2.47. The summed E-state index contributed by atoms with van der Waals surface area (Å²) in [5, 5.41) is 10.7. The van der Waals surface area contributed by atoms with E-state index >= 15 is 0 Å². The molecule has 0 aliphatic carbocycles. The molecule has 2 rings (SSSR count). The van der Waals surface area contributed by atoms with Gasteiger partial charge >= 0.3 is 0 Å². The summed E-state index contributed by atoms with van der Waals surface area (Å²) in [6, 6.07) is 9.50. The molecule has 104 valence electrons. The summed E-state index contributed by atoms with van der Waals surface area (Å²) >= 11 is 5.78. The van der Waals surface area contributed by atoms with Gasteiger partial charge in [-0.3, -0.25) is 4.79 Å². The van der Waals surface area contributed by atoms with E-state index in [1.807, 2.05) is 0 Å². The van der Waals surface area contributed by atoms with Gasteiger partial charge in [0.1, 0.15) is 0 Å². The number of carbonyl (C=O) groups is 1. The van der Waals surface area contributed by atoms with E-state index < -0.39 is 0 Å². The molecule has 2 aromatic carbocycles. The van der Waals surface area contributed by atoms with Crippen LogP contribution in [0.25, 0.3) is 0 Å². The average molecular weight is 293 g/mol. The standard InChI is InChI=1S/C15H13ClO4/c1-19-12-8-7-11(14(18)15(12)20-2)13(17)9-3-5-10(16)6-4-9/h3-8,18H,1-2H3. The molecule has 0 aromatic heterocycles. The number of ether oxygens (including phenoxy) is 2. The van der Waals surface area contributed by atoms with E-state index in [2.05, 4.69) is 0 Å². The van der Waals surface area contributed by atoms with Crippen molar-refractivity contribution in [3.05, 3.63) is 52.5 Å². The van der Waals surface area contributed by atoms with Crippen molar-refractivity contribution in [1.29, 1.82) is 0 Å². The summed E-state index contributed by atoms with van der Waals surface area (Å²) in [7, 11) is 2.85. The zero-order valence-corrected chi connectivity index (χ0v) is 11.8. The number of phenols is 1. The highest BCUT2D eigenvalue weighted by molar-refractivity contribution is 6.30. The van der Waals surface area contributed by atoms with E-state index in [0.29, 0.717) is 16.3 Å². The number of ketones is 1. The second kappa shape index (κ2) is 5.84. The van der Waals surface area contributed by atoms with Gasteiger partial charge in [-0.15, -0.1) is 0 Å². The summed E-state index contributed by atoms with van der Waals surface area (Å²) in [4.78, 5) is 12.3. The van der Waals surface area contributed by atoms with Gasteiger partial charge in [-0.1, -0.05) is 11.6 Å². The molecule has 0 atom stereocenters. The van der Waals surface area contributed by atoms with E-state index in [4.69, 9.17) is 21.1 Å². The first-order chi connectivity index (χ1) is 9.58. The molecule has 0 unspecified atom stereocenters. The van der Waals surface area contributed by atoms with E-state index in [0.717, 1.165) is 0 Å². The predicted molar refractivity (Wildman–Crippen MR) is 76.1 cm³/mol. The molecule has 20 heavy (non-hydrogen) atoms. The van der Waals surface area contributed by atoms with Gasteiger partial charge in [0.2, 0.25) is 5.75 Å². The maximum absolute atomic E-state index is 12.3. The lowest BCUT2D eigenvalue weighted by Crippen LogP contribution is -2.03. The molecule has 0 saturated heterocycles. The first kappa shape index (κ1) is 14.2. The van der Waals surface area contributed by atoms with Crippen LogP contribution in [0.2, 0.25) is 5.02 Å². The van der Waals surface area contributed by atoms with Gasteiger partial charge in [-0.25, -0.2) is 0 Å². The highest BCUT2D eigenvalue weighted by atomic mass is 35.5. The zero-order chi connectivity index (χ0) is 14.7. The van der Waals surface area contributed by atoms with E-state index in [-0.39, 0.29) is 22.8 Å². The van der Waals surface area contributed by atoms with Gasteiger partial charge < -0.3 is 14.6 Å². The molecule has 0 aliphatic rings. The van der Waals surface area contributed by atoms with Crippen LogP contribution in [0.3, 0.4) is 0 Å². The van der Waals surface area contributed by atoms with Crippen molar-refractivity contribution in [3.8, 4) is 17.2 Å². The highest BCUT2D eigenvalue weighted by Crippen LogP contribution is 2.39. The zero-order valence-electron chi connectivity index (χ0n) is 11.0. The molecule has 0 heterocycles. The minimum Gasteiger partial charge on any atom is -0.504 e. The van der Waals surface area contributed by atoms with Crippen LogP contribution < -0.4 is 9.47 Å². The molecule has 4 nitrogen and oxygen atoms in total. The van der Waals surface area contributed by atoms with E-state index in [1.54, 1.807) is 30.3 Å². The fourth-order valence-electron chi connectivity index (χ4n) is 1.85. The maximum atomic E-state index is 12.3. The lowest BCUT2D eigenvalue weighted by Gasteiger charge is -2.12. The van der Waals surface area contributed by atoms with Crippen molar-refractivity contribution in [3.63, 3.8) is 0 Å². The summed E-state index contributed by atoms with van der Waals surface area (Å²) in [6.07, 6.45) is 0. The molecule has 0 amide bonds. The van der Waals surface area contributed by atoms with Gasteiger partial charge in [-0.2, -0.15) is 0 Å². The fourth-order valence-corrected chi connectivity index (χ4v) is 1.98. The SMILES string of the molecule is COc1ccc(C(=O)c2ccc(Cl)cc2)c(O)c1OC. The summed E-state index contributed by atoms with van der Waals surface area (Å²) < 4.78 is 10.1. The number of hydrogen-bond acceptors (Lipinski definition) is 4. The van der Waals surface area contributed by atoms with Crippen molar-refractivity contribution < 1.29 is 19.4 Å². The van der Waals surface area contributed by atoms with Crippen molar-refractivity contribution in [2.75, 3.05) is 14.2 Å². The van der Waals surface area contributed by atoms with Gasteiger partial charge in [0.25, 0.3) is 0 Å². The highest BCUT2D eigenvalue weighted by Gasteiger charge is 2.20. The molecule has 0 bridgehead atoms. The molecule has 5 heteroatoms. The Kier molecular flexibility index (Phi) is 4.15. The van der Waals surface area contributed by atoms with Crippen LogP contribution >= 0.6 is 11.6 Å². The Balaban J connectivity index is 2.47. The Morgan fingerprint density at radius 2 is 1.70 bits per heavy atom. The van der Waals surface area contributed by atoms with Crippen LogP contribution in [-0.2, 0) is 0 Å². The van der Waals surface area contributed by atoms with E-state index in [1.165, 1.54) is 20.3 Å². The quantitative estimate of drug-likeness (QED) is 0.879. The largest absolute Gasteiger partial charge is 0.504 e. The van der Waals surface area contributed by atoms with Crippen LogP contribution in [0.1, 0.15) is 15.9 Å². The number of carbonyl (C=O) groups excluding carboxylic acids is 1. The summed E-state index contributed by atoms with van der Waals surface area (Å²) in [6.45, 7) is 0. The molecule has 0 saturated carbocycles. The molecule has 0 fully saturated rings. The topological polar surface area (TPSA) is 55.8 Å². The first-order valence-electron chi connectivity index (χ1n) is 5.82. The number of hydrogen-bond donors (Lipinski definition) is 1. The Bertz CT molecular complexity index is 635. The van der Waals surface area contributed by atoms with Crippen molar-refractivity contribution >= 4 is 17.4 Å². The smallest absolute Gasteiger partial charge is 0.203 e. The monoisotopic (exact) mass is 292 g/mol. The lowest BCUT2D eigenvalue weighted by molar-refractivity contribution is 0.103. The number of halogens is 1. The third-order valence-corrected chi connectivity index (χ3v) is 3.12. The number of rotatable bonds is 4. The summed E-state index contributed by atoms with van der Waals surface area (Å²) in [5.74, 6) is -0.0723. The predicted octanol–water partition coefficient (Wildman–Crippen LogP) is 3.29. The van der Waals surface area contributed by atoms with Gasteiger partial charge in [0.05, 0.1) is 19.8 Å². The van der Waals surface area contributed by atoms with Gasteiger partial charge in [-0.05, 0) is 36.4 Å². The van der Waals surface area contributed by atoms with Crippen LogP contribution in [0.5, 0.6) is 17.2 Å². The Morgan fingerprint density at radius 1 is 1.05 bits per heavy atom. The van der Waals surface area contributed by atoms with Crippen molar-refractivity contribution in [1.82, 2.24) is 0 Å². The molecular weight excluding hydrogens is 280 g/mol. The molecule has 1 N–H and O–H groups in total. The Morgan fingerprint density at radius 3 is 2.25 bits per heavy atom. The number of phenolic OH excluding ortho intramolecular Hbond substituents is 1. The molecule has 0 radical (unpaired) electrons. The third-order valence-electron chi connectivity index (χ3n) is 2.87. The first-order valence-corrected chi connectivity index (χ1v) is 6.20. The minimum atomic E-state index is -0.319. The van der Waals surface area contributed by atoms with Gasteiger partial charge in [0.15, 0.2) is 17.3 Å². The second-order valence-electron chi connectivity index (χ2n) is 4.03. The lowest BCUT2D eigenvalue weighted by atomic mass is 10.0. The second-order valence-corrected chi connectivity index (χ2v) is 4.47. The Hall–Kier alpha value is -2.20. The summed E-state index contributed by atoms with van der Waals surface area (Å²) in [5.41, 5.74) is 0.571. The fraction of sp³-hybridized carbons (Fsp3) is 0.133. The normalized spacial score (nSPS) is 10.2. The Labute approximate surface area is 121 Å². The minimum absolute atomic E-state index is 0.132. The van der Waals surface area contributed by atoms with E-state index in [9.17, 15) is 9.90 Å². The molecular formula is C15H13ClO4. The van der Waals surface area contributed by atoms with Crippen LogP contribution in [0.4, 0.5) is 0 Å². The van der Waals surface area contributed by atoms with Crippen LogP contribution in [-0.4, -0.2) is 25.1 Å². The number of methoxy groups -OCH3 is 2. The maximum Gasteiger partial charge on any atom is 0.203 e. The molecule has 0 aliphatic heterocycles. The molecule has 0 spiro atoms. The van der Waals surface area contributed by atoms with Crippen molar-refractivity contribution in [2.24, 2.45) is 0 Å². The van der Waals surface area contributed by atoms with Crippen molar-refractivity contribution in [2.45, 2.75) is 0 Å². The van der Waals surface area contributed by atoms with Crippen LogP contribution in [0, 0.1) is 0 Å². The third kappa shape index (κ3) is 2.56. The van der Waals surface area contributed by atoms with Gasteiger partial charge in [0, 0.05) is 10.6 Å².